The lowest BCUT2D eigenvalue weighted by atomic mass is 9.93. The molecule has 7 heteroatoms. The van der Waals surface area contributed by atoms with Crippen LogP contribution in [0.1, 0.15) is 29.2 Å². The summed E-state index contributed by atoms with van der Waals surface area (Å²) in [5.74, 6) is -1.59. The lowest BCUT2D eigenvalue weighted by Gasteiger charge is -2.26. The number of phenolic OH excluding ortho intramolecular Hbond substituents is 2. The Balaban J connectivity index is 1.72. The normalized spacial score (nSPS) is 19.3. The van der Waals surface area contributed by atoms with E-state index in [1.54, 1.807) is 42.5 Å². The Kier molecular flexibility index (Phi) is 5.01. The first-order valence-corrected chi connectivity index (χ1v) is 10.6. The van der Waals surface area contributed by atoms with Crippen LogP contribution in [0.5, 0.6) is 17.2 Å². The number of Topliss-reactive ketones (excluding diaryl/α,β-unsaturated/α-hetero) is 1. The van der Waals surface area contributed by atoms with Crippen molar-refractivity contribution in [3.05, 3.63) is 89.0 Å². The van der Waals surface area contributed by atoms with E-state index in [1.807, 2.05) is 0 Å². The number of carbonyl (C=O) groups excluding carboxylic acids is 2. The summed E-state index contributed by atoms with van der Waals surface area (Å²) in [6.07, 6.45) is 1.62. The van der Waals surface area contributed by atoms with E-state index in [-0.39, 0.29) is 28.5 Å². The molecule has 166 valence electrons. The van der Waals surface area contributed by atoms with Gasteiger partial charge >= 0.3 is 0 Å². The van der Waals surface area contributed by atoms with E-state index in [4.69, 9.17) is 4.74 Å². The average Bonchev–Trinajstić information content (AvgIpc) is 3.09. The third kappa shape index (κ3) is 3.47. The summed E-state index contributed by atoms with van der Waals surface area (Å²) in [6.45, 7) is 0.626. The summed E-state index contributed by atoms with van der Waals surface area (Å²) in [4.78, 5) is 27.5. The molecule has 5 rings (SSSR count). The lowest BCUT2D eigenvalue weighted by Crippen LogP contribution is -2.29. The molecule has 0 spiro atoms. The molecule has 0 aromatic heterocycles. The lowest BCUT2D eigenvalue weighted by molar-refractivity contribution is -0.132. The predicted octanol–water partition coefficient (Wildman–Crippen LogP) is 4.05. The van der Waals surface area contributed by atoms with Crippen LogP contribution in [-0.2, 0) is 16.0 Å². The van der Waals surface area contributed by atoms with Crippen molar-refractivity contribution in [1.82, 2.24) is 0 Å². The average molecular weight is 443 g/mol. The van der Waals surface area contributed by atoms with Gasteiger partial charge in [-0.3, -0.25) is 14.5 Å². The number of aromatic hydroxyl groups is 2. The monoisotopic (exact) mass is 443 g/mol. The molecule has 2 aliphatic heterocycles. The smallest absolute Gasteiger partial charge is 0.300 e. The molecule has 2 aliphatic rings. The fourth-order valence-corrected chi connectivity index (χ4v) is 4.42. The molecular weight excluding hydrogens is 422 g/mol. The summed E-state index contributed by atoms with van der Waals surface area (Å²) in [7, 11) is 0. The highest BCUT2D eigenvalue weighted by Gasteiger charge is 2.47. The number of carbonyl (C=O) groups is 2. The fourth-order valence-electron chi connectivity index (χ4n) is 4.42. The van der Waals surface area contributed by atoms with Crippen LogP contribution in [0.3, 0.4) is 0 Å². The van der Waals surface area contributed by atoms with Crippen LogP contribution in [-0.4, -0.2) is 33.6 Å². The number of benzene rings is 3. The Labute approximate surface area is 189 Å². The van der Waals surface area contributed by atoms with E-state index in [0.29, 0.717) is 17.7 Å². The van der Waals surface area contributed by atoms with E-state index in [1.165, 1.54) is 24.3 Å². The third-order valence-electron chi connectivity index (χ3n) is 5.95. The predicted molar refractivity (Wildman–Crippen MR) is 121 cm³/mol. The minimum atomic E-state index is -1.04. The minimum Gasteiger partial charge on any atom is -0.508 e. The van der Waals surface area contributed by atoms with Crippen molar-refractivity contribution in [2.75, 3.05) is 11.5 Å². The van der Waals surface area contributed by atoms with Crippen LogP contribution in [0.4, 0.5) is 5.69 Å². The third-order valence-corrected chi connectivity index (χ3v) is 5.95. The van der Waals surface area contributed by atoms with Gasteiger partial charge in [-0.25, -0.2) is 0 Å². The van der Waals surface area contributed by atoms with E-state index >= 15 is 0 Å². The van der Waals surface area contributed by atoms with Gasteiger partial charge < -0.3 is 20.1 Å². The molecule has 2 heterocycles. The molecule has 1 atom stereocenters. The van der Waals surface area contributed by atoms with Gasteiger partial charge in [-0.05, 0) is 66.4 Å². The minimum absolute atomic E-state index is 0.0544. The van der Waals surface area contributed by atoms with Gasteiger partial charge in [-0.2, -0.15) is 0 Å². The number of fused-ring (bicyclic) bond motifs is 1. The molecular formula is C26H21NO6. The van der Waals surface area contributed by atoms with Crippen LogP contribution in [0, 0.1) is 0 Å². The number of ether oxygens (including phenoxy) is 1. The Hall–Kier alpha value is -4.26. The number of aryl methyl sites for hydroxylation is 1. The maximum Gasteiger partial charge on any atom is 0.300 e. The number of aliphatic hydroxyl groups is 1. The van der Waals surface area contributed by atoms with Gasteiger partial charge in [0.1, 0.15) is 23.0 Å². The number of hydrogen-bond acceptors (Lipinski definition) is 6. The molecule has 3 N–H and O–H groups in total. The Morgan fingerprint density at radius 1 is 0.970 bits per heavy atom. The maximum absolute atomic E-state index is 13.2. The van der Waals surface area contributed by atoms with Crippen LogP contribution in [0.2, 0.25) is 0 Å². The molecule has 0 saturated carbocycles. The highest BCUT2D eigenvalue weighted by Crippen LogP contribution is 2.45. The first kappa shape index (κ1) is 20.6. The number of rotatable bonds is 3. The Bertz CT molecular complexity index is 1310. The zero-order valence-electron chi connectivity index (χ0n) is 17.6. The van der Waals surface area contributed by atoms with Crippen molar-refractivity contribution >= 4 is 23.1 Å². The fraction of sp³-hybridized carbons (Fsp3) is 0.154. The molecule has 1 unspecified atom stereocenters. The highest BCUT2D eigenvalue weighted by atomic mass is 16.5. The van der Waals surface area contributed by atoms with Crippen LogP contribution >= 0.6 is 0 Å². The van der Waals surface area contributed by atoms with Gasteiger partial charge in [0.25, 0.3) is 11.7 Å². The molecule has 0 bridgehead atoms. The Morgan fingerprint density at radius 2 is 1.79 bits per heavy atom. The molecule has 0 radical (unpaired) electrons. The maximum atomic E-state index is 13.2. The topological polar surface area (TPSA) is 107 Å². The van der Waals surface area contributed by atoms with Crippen molar-refractivity contribution < 1.29 is 29.6 Å². The molecule has 3 aromatic carbocycles. The number of nitrogens with zero attached hydrogens (tertiary/aromatic N) is 1. The molecule has 33 heavy (non-hydrogen) atoms. The Morgan fingerprint density at radius 3 is 2.58 bits per heavy atom. The molecule has 1 amide bonds. The standard InChI is InChI=1S/C26H21NO6/c28-18-7-3-5-16(14-18)23-22(24(30)17-10-11-21-15(13-17)6-4-12-33-21)25(31)26(32)27(23)19-8-1-2-9-20(19)29/h1-3,5,7-11,13-14,23,28-30H,4,6,12H2/b24-22-. The number of anilines is 1. The summed E-state index contributed by atoms with van der Waals surface area (Å²) in [5, 5.41) is 31.7. The quantitative estimate of drug-likeness (QED) is 0.320. The number of hydrogen-bond donors (Lipinski definition) is 3. The van der Waals surface area contributed by atoms with Crippen molar-refractivity contribution in [3.8, 4) is 17.2 Å². The molecule has 1 fully saturated rings. The number of aliphatic hydroxyl groups excluding tert-OH is 1. The number of ketones is 1. The second-order valence-electron chi connectivity index (χ2n) is 8.03. The van der Waals surface area contributed by atoms with E-state index in [9.17, 15) is 24.9 Å². The molecule has 1 saturated heterocycles. The summed E-state index contributed by atoms with van der Waals surface area (Å²) >= 11 is 0. The molecule has 0 aliphatic carbocycles. The van der Waals surface area contributed by atoms with Gasteiger partial charge in [-0.15, -0.1) is 0 Å². The van der Waals surface area contributed by atoms with Gasteiger partial charge in [-0.1, -0.05) is 24.3 Å². The number of para-hydroxylation sites is 2. The van der Waals surface area contributed by atoms with E-state index < -0.39 is 17.7 Å². The van der Waals surface area contributed by atoms with Crippen molar-refractivity contribution in [2.24, 2.45) is 0 Å². The van der Waals surface area contributed by atoms with E-state index in [0.717, 1.165) is 29.1 Å². The molecule has 3 aromatic rings. The largest absolute Gasteiger partial charge is 0.508 e. The zero-order valence-corrected chi connectivity index (χ0v) is 17.6. The van der Waals surface area contributed by atoms with Crippen LogP contribution in [0.15, 0.2) is 72.3 Å². The number of phenols is 2. The van der Waals surface area contributed by atoms with Gasteiger partial charge in [0, 0.05) is 5.56 Å². The highest BCUT2D eigenvalue weighted by molar-refractivity contribution is 6.51. The second kappa shape index (κ2) is 8.02. The van der Waals surface area contributed by atoms with Crippen molar-refractivity contribution in [2.45, 2.75) is 18.9 Å². The summed E-state index contributed by atoms with van der Waals surface area (Å²) in [6, 6.07) is 16.4. The van der Waals surface area contributed by atoms with Gasteiger partial charge in [0.15, 0.2) is 0 Å². The summed E-state index contributed by atoms with van der Waals surface area (Å²) in [5.41, 5.74) is 1.73. The first-order valence-electron chi connectivity index (χ1n) is 10.6. The van der Waals surface area contributed by atoms with Crippen LogP contribution < -0.4 is 9.64 Å². The first-order chi connectivity index (χ1) is 16.0. The summed E-state index contributed by atoms with van der Waals surface area (Å²) < 4.78 is 5.63. The zero-order chi connectivity index (χ0) is 23.1. The van der Waals surface area contributed by atoms with Crippen LogP contribution in [0.25, 0.3) is 5.76 Å². The van der Waals surface area contributed by atoms with E-state index in [2.05, 4.69) is 0 Å². The van der Waals surface area contributed by atoms with Gasteiger partial charge in [0.2, 0.25) is 0 Å². The van der Waals surface area contributed by atoms with Crippen molar-refractivity contribution in [3.63, 3.8) is 0 Å². The van der Waals surface area contributed by atoms with Gasteiger partial charge in [0.05, 0.1) is 23.9 Å². The SMILES string of the molecule is O=C1C(=O)N(c2ccccc2O)C(c2cccc(O)c2)/C1=C(/O)c1ccc2c(c1)CCCO2. The second-order valence-corrected chi connectivity index (χ2v) is 8.03. The van der Waals surface area contributed by atoms with Crippen molar-refractivity contribution in [1.29, 1.82) is 0 Å². The number of amides is 1. The molecule has 7 nitrogen and oxygen atoms in total.